The van der Waals surface area contributed by atoms with Gasteiger partial charge in [-0.15, -0.1) is 5.11 Å². The van der Waals surface area contributed by atoms with E-state index in [1.165, 1.54) is 6.34 Å². The van der Waals surface area contributed by atoms with Crippen LogP contribution in [0.25, 0.3) is 6.20 Å². The van der Waals surface area contributed by atoms with Gasteiger partial charge in [0.05, 0.1) is 0 Å². The van der Waals surface area contributed by atoms with Crippen LogP contribution >= 0.6 is 0 Å². The van der Waals surface area contributed by atoms with Crippen LogP contribution in [0, 0.1) is 0 Å². The SMILES string of the molecule is C1=Cn2cccc2CN=NC=N1. The number of hydrogen-bond donors (Lipinski definition) is 0. The zero-order valence-electron chi connectivity index (χ0n) is 6.46. The molecule has 0 N–H and O–H groups in total. The molecule has 1 aliphatic rings. The van der Waals surface area contributed by atoms with Crippen LogP contribution in [0.15, 0.2) is 39.8 Å². The Balaban J connectivity index is 2.40. The molecule has 60 valence electrons. The predicted octanol–water partition coefficient (Wildman–Crippen LogP) is 1.91. The van der Waals surface area contributed by atoms with Crippen molar-refractivity contribution in [3.8, 4) is 0 Å². The maximum Gasteiger partial charge on any atom is 0.137 e. The van der Waals surface area contributed by atoms with Gasteiger partial charge in [-0.05, 0) is 12.1 Å². The Morgan fingerprint density at radius 2 is 2.42 bits per heavy atom. The van der Waals surface area contributed by atoms with Gasteiger partial charge < -0.3 is 4.57 Å². The van der Waals surface area contributed by atoms with Gasteiger partial charge in [-0.25, -0.2) is 4.99 Å². The summed E-state index contributed by atoms with van der Waals surface area (Å²) in [5.74, 6) is 0. The molecule has 4 heteroatoms. The number of fused-ring (bicyclic) bond motifs is 1. The van der Waals surface area contributed by atoms with Crippen LogP contribution in [-0.2, 0) is 6.54 Å². The molecule has 0 atom stereocenters. The van der Waals surface area contributed by atoms with Crippen LogP contribution in [0.3, 0.4) is 0 Å². The summed E-state index contributed by atoms with van der Waals surface area (Å²) >= 11 is 0. The van der Waals surface area contributed by atoms with E-state index >= 15 is 0 Å². The first-order valence-corrected chi connectivity index (χ1v) is 3.67. The molecular weight excluding hydrogens is 152 g/mol. The van der Waals surface area contributed by atoms with E-state index in [1.54, 1.807) is 6.20 Å². The maximum atomic E-state index is 3.92. The zero-order valence-corrected chi connectivity index (χ0v) is 6.46. The lowest BCUT2D eigenvalue weighted by Crippen LogP contribution is -1.90. The summed E-state index contributed by atoms with van der Waals surface area (Å²) in [6, 6.07) is 3.98. The van der Waals surface area contributed by atoms with Crippen LogP contribution in [0.4, 0.5) is 0 Å². The summed E-state index contributed by atoms with van der Waals surface area (Å²) in [7, 11) is 0. The predicted molar refractivity (Wildman–Crippen MR) is 46.8 cm³/mol. The molecule has 0 radical (unpaired) electrons. The van der Waals surface area contributed by atoms with Crippen molar-refractivity contribution in [1.29, 1.82) is 0 Å². The summed E-state index contributed by atoms with van der Waals surface area (Å²) in [6.07, 6.45) is 6.96. The molecule has 12 heavy (non-hydrogen) atoms. The number of nitrogens with zero attached hydrogens (tertiary/aromatic N) is 4. The second-order valence-corrected chi connectivity index (χ2v) is 2.38. The van der Waals surface area contributed by atoms with E-state index in [9.17, 15) is 0 Å². The molecule has 0 aromatic carbocycles. The number of aromatic nitrogens is 1. The van der Waals surface area contributed by atoms with E-state index in [4.69, 9.17) is 0 Å². The Morgan fingerprint density at radius 3 is 3.42 bits per heavy atom. The van der Waals surface area contributed by atoms with E-state index in [0.717, 1.165) is 5.69 Å². The van der Waals surface area contributed by atoms with Crippen molar-refractivity contribution in [3.63, 3.8) is 0 Å². The van der Waals surface area contributed by atoms with Gasteiger partial charge in [0.1, 0.15) is 12.9 Å². The monoisotopic (exact) mass is 160 g/mol. The van der Waals surface area contributed by atoms with Gasteiger partial charge >= 0.3 is 0 Å². The maximum absolute atomic E-state index is 3.92. The molecule has 0 fully saturated rings. The first-order valence-electron chi connectivity index (χ1n) is 3.67. The van der Waals surface area contributed by atoms with E-state index in [0.29, 0.717) is 6.54 Å². The highest BCUT2D eigenvalue weighted by Gasteiger charge is 1.96. The van der Waals surface area contributed by atoms with E-state index in [1.807, 2.05) is 29.1 Å². The van der Waals surface area contributed by atoms with Gasteiger partial charge in [0.15, 0.2) is 0 Å². The number of rotatable bonds is 0. The molecule has 1 aliphatic heterocycles. The third-order valence-corrected chi connectivity index (χ3v) is 1.61. The average Bonchev–Trinajstić information content (AvgIpc) is 2.50. The van der Waals surface area contributed by atoms with Crippen molar-refractivity contribution in [3.05, 3.63) is 30.2 Å². The van der Waals surface area contributed by atoms with Crippen LogP contribution < -0.4 is 0 Å². The van der Waals surface area contributed by atoms with Crippen molar-refractivity contribution < 1.29 is 0 Å². The highest BCUT2D eigenvalue weighted by atomic mass is 15.1. The van der Waals surface area contributed by atoms with Gasteiger partial charge in [-0.1, -0.05) is 0 Å². The molecular formula is C8H8N4. The van der Waals surface area contributed by atoms with E-state index in [2.05, 4.69) is 15.2 Å². The molecule has 0 spiro atoms. The third kappa shape index (κ3) is 1.32. The number of aliphatic imine (C=N–C) groups is 1. The fourth-order valence-corrected chi connectivity index (χ4v) is 1.04. The van der Waals surface area contributed by atoms with Crippen molar-refractivity contribution in [1.82, 2.24) is 4.57 Å². The number of azo groups is 1. The molecule has 0 saturated carbocycles. The highest BCUT2D eigenvalue weighted by molar-refractivity contribution is 5.56. The molecule has 0 bridgehead atoms. The van der Waals surface area contributed by atoms with Crippen LogP contribution in [0.5, 0.6) is 0 Å². The van der Waals surface area contributed by atoms with Crippen LogP contribution in [0.1, 0.15) is 5.69 Å². The second kappa shape index (κ2) is 3.13. The minimum Gasteiger partial charge on any atom is -0.324 e. The summed E-state index contributed by atoms with van der Waals surface area (Å²) in [6.45, 7) is 0.601. The fourth-order valence-electron chi connectivity index (χ4n) is 1.04. The smallest absolute Gasteiger partial charge is 0.137 e. The van der Waals surface area contributed by atoms with Gasteiger partial charge in [-0.3, -0.25) is 0 Å². The van der Waals surface area contributed by atoms with Crippen molar-refractivity contribution in [2.75, 3.05) is 0 Å². The normalized spacial score (nSPS) is 15.0. The summed E-state index contributed by atoms with van der Waals surface area (Å²) in [4.78, 5) is 3.88. The van der Waals surface area contributed by atoms with E-state index in [-0.39, 0.29) is 0 Å². The molecule has 2 rings (SSSR count). The first-order chi connectivity index (χ1) is 5.97. The molecule has 1 aromatic rings. The fraction of sp³-hybridized carbons (Fsp3) is 0.125. The quantitative estimate of drug-likeness (QED) is 0.556. The molecule has 0 saturated heterocycles. The molecule has 2 heterocycles. The zero-order chi connectivity index (χ0) is 8.23. The number of hydrogen-bond acceptors (Lipinski definition) is 3. The van der Waals surface area contributed by atoms with Crippen molar-refractivity contribution >= 4 is 12.5 Å². The lowest BCUT2D eigenvalue weighted by Gasteiger charge is -1.97. The molecule has 0 unspecified atom stereocenters. The Bertz CT molecular complexity index is 346. The van der Waals surface area contributed by atoms with Gasteiger partial charge in [-0.2, -0.15) is 5.11 Å². The lowest BCUT2D eigenvalue weighted by atomic mass is 10.4. The van der Waals surface area contributed by atoms with Crippen LogP contribution in [-0.4, -0.2) is 10.9 Å². The first kappa shape index (κ1) is 6.97. The van der Waals surface area contributed by atoms with Gasteiger partial charge in [0.2, 0.25) is 0 Å². The lowest BCUT2D eigenvalue weighted by molar-refractivity contribution is 0.901. The Morgan fingerprint density at radius 1 is 1.42 bits per heavy atom. The largest absolute Gasteiger partial charge is 0.324 e. The van der Waals surface area contributed by atoms with Crippen LogP contribution in [0.2, 0.25) is 0 Å². The Hall–Kier alpha value is -1.71. The average molecular weight is 160 g/mol. The second-order valence-electron chi connectivity index (χ2n) is 2.38. The summed E-state index contributed by atoms with van der Waals surface area (Å²) < 4.78 is 1.97. The van der Waals surface area contributed by atoms with Gasteiger partial charge in [0, 0.05) is 24.3 Å². The highest BCUT2D eigenvalue weighted by Crippen LogP contribution is 2.05. The summed E-state index contributed by atoms with van der Waals surface area (Å²) in [5.41, 5.74) is 1.11. The van der Waals surface area contributed by atoms with Gasteiger partial charge in [0.25, 0.3) is 0 Å². The molecule has 4 nitrogen and oxygen atoms in total. The molecule has 0 aliphatic carbocycles. The minimum atomic E-state index is 0.601. The third-order valence-electron chi connectivity index (χ3n) is 1.61. The minimum absolute atomic E-state index is 0.601. The van der Waals surface area contributed by atoms with E-state index < -0.39 is 0 Å². The Kier molecular flexibility index (Phi) is 1.82. The molecule has 0 amide bonds. The Labute approximate surface area is 70.0 Å². The standard InChI is InChI=1S/C8H8N4/c1-2-8-6-10-11-7-9-3-5-12(8)4-1/h1-5,7H,6H2. The van der Waals surface area contributed by atoms with Crippen molar-refractivity contribution in [2.45, 2.75) is 6.54 Å². The topological polar surface area (TPSA) is 42.0 Å². The summed E-state index contributed by atoms with van der Waals surface area (Å²) in [5, 5.41) is 7.66. The molecule has 1 aromatic heterocycles. The van der Waals surface area contributed by atoms with Crippen molar-refractivity contribution in [2.24, 2.45) is 15.2 Å².